The molecule has 1 unspecified atom stereocenters. The van der Waals surface area contributed by atoms with Gasteiger partial charge in [0.15, 0.2) is 0 Å². The molecule has 4 saturated carbocycles. The molecule has 130 valence electrons. The molecule has 0 spiro atoms. The van der Waals surface area contributed by atoms with Gasteiger partial charge in [-0.15, -0.1) is 0 Å². The maximum atomic E-state index is 12.8. The van der Waals surface area contributed by atoms with Crippen molar-refractivity contribution in [2.24, 2.45) is 23.2 Å². The summed E-state index contributed by atoms with van der Waals surface area (Å²) in [6.45, 7) is 4.45. The number of nitrogens with one attached hydrogen (secondary N) is 1. The van der Waals surface area contributed by atoms with E-state index in [1.165, 1.54) is 44.1 Å². The first-order chi connectivity index (χ1) is 11.6. The van der Waals surface area contributed by atoms with Crippen LogP contribution in [0.5, 0.6) is 0 Å². The van der Waals surface area contributed by atoms with Crippen LogP contribution in [0.1, 0.15) is 76.7 Å². The molecule has 4 aliphatic carbocycles. The number of hydrogen-bond donors (Lipinski definition) is 1. The van der Waals surface area contributed by atoms with Crippen LogP contribution in [0.15, 0.2) is 24.3 Å². The van der Waals surface area contributed by atoms with Gasteiger partial charge >= 0.3 is 0 Å². The van der Waals surface area contributed by atoms with Crippen molar-refractivity contribution in [1.29, 1.82) is 0 Å². The summed E-state index contributed by atoms with van der Waals surface area (Å²) in [6.07, 6.45) is 10.1. The van der Waals surface area contributed by atoms with Gasteiger partial charge in [0.1, 0.15) is 0 Å². The first kappa shape index (κ1) is 16.2. The number of hydrogen-bond acceptors (Lipinski definition) is 1. The molecule has 0 aromatic heterocycles. The molecule has 4 bridgehead atoms. The first-order valence-corrected chi connectivity index (χ1v) is 9.95. The molecule has 0 heterocycles. The SMILES string of the molecule is CCC(C)c1ccccc1NC(=O)CC12CC3CC(CC(C3)C1)C2. The molecule has 1 atom stereocenters. The Morgan fingerprint density at radius 3 is 2.29 bits per heavy atom. The van der Waals surface area contributed by atoms with E-state index in [1.54, 1.807) is 0 Å². The van der Waals surface area contributed by atoms with Gasteiger partial charge in [0.2, 0.25) is 5.91 Å². The van der Waals surface area contributed by atoms with Crippen LogP contribution in [0, 0.1) is 23.2 Å². The van der Waals surface area contributed by atoms with Gasteiger partial charge in [-0.05, 0) is 85.7 Å². The van der Waals surface area contributed by atoms with Crippen molar-refractivity contribution in [2.75, 3.05) is 5.32 Å². The zero-order chi connectivity index (χ0) is 16.7. The van der Waals surface area contributed by atoms with Crippen molar-refractivity contribution in [1.82, 2.24) is 0 Å². The first-order valence-electron chi connectivity index (χ1n) is 9.95. The van der Waals surface area contributed by atoms with Gasteiger partial charge in [-0.1, -0.05) is 32.0 Å². The van der Waals surface area contributed by atoms with Crippen LogP contribution in [0.25, 0.3) is 0 Å². The lowest BCUT2D eigenvalue weighted by atomic mass is 9.49. The third kappa shape index (κ3) is 3.00. The van der Waals surface area contributed by atoms with E-state index >= 15 is 0 Å². The number of benzene rings is 1. The second-order valence-electron chi connectivity index (χ2n) is 9.04. The molecule has 5 rings (SSSR count). The van der Waals surface area contributed by atoms with Crippen molar-refractivity contribution < 1.29 is 4.79 Å². The molecule has 0 aliphatic heterocycles. The Morgan fingerprint density at radius 1 is 1.12 bits per heavy atom. The zero-order valence-corrected chi connectivity index (χ0v) is 15.2. The number of carbonyl (C=O) groups is 1. The smallest absolute Gasteiger partial charge is 0.224 e. The van der Waals surface area contributed by atoms with Crippen LogP contribution in [0.3, 0.4) is 0 Å². The second-order valence-corrected chi connectivity index (χ2v) is 9.04. The van der Waals surface area contributed by atoms with Gasteiger partial charge in [0, 0.05) is 12.1 Å². The largest absolute Gasteiger partial charge is 0.326 e. The summed E-state index contributed by atoms with van der Waals surface area (Å²) in [7, 11) is 0. The Bertz CT molecular complexity index is 585. The van der Waals surface area contributed by atoms with Crippen LogP contribution in [-0.4, -0.2) is 5.91 Å². The summed E-state index contributed by atoms with van der Waals surface area (Å²) < 4.78 is 0. The van der Waals surface area contributed by atoms with Crippen LogP contribution in [0.2, 0.25) is 0 Å². The quantitative estimate of drug-likeness (QED) is 0.734. The summed E-state index contributed by atoms with van der Waals surface area (Å²) in [5, 5.41) is 3.26. The normalized spacial score (nSPS) is 35.0. The van der Waals surface area contributed by atoms with Crippen molar-refractivity contribution in [3.63, 3.8) is 0 Å². The van der Waals surface area contributed by atoms with E-state index in [9.17, 15) is 4.79 Å². The molecule has 2 nitrogen and oxygen atoms in total. The minimum absolute atomic E-state index is 0.243. The van der Waals surface area contributed by atoms with E-state index in [4.69, 9.17) is 0 Å². The van der Waals surface area contributed by atoms with Crippen LogP contribution >= 0.6 is 0 Å². The van der Waals surface area contributed by atoms with Gasteiger partial charge in [0.25, 0.3) is 0 Å². The molecule has 4 aliphatic rings. The van der Waals surface area contributed by atoms with Gasteiger partial charge in [-0.2, -0.15) is 0 Å². The number of anilines is 1. The fourth-order valence-electron chi connectivity index (χ4n) is 6.30. The van der Waals surface area contributed by atoms with Crippen molar-refractivity contribution in [3.05, 3.63) is 29.8 Å². The summed E-state index contributed by atoms with van der Waals surface area (Å²) in [5.41, 5.74) is 2.63. The van der Waals surface area contributed by atoms with Gasteiger partial charge < -0.3 is 5.32 Å². The molecule has 1 aromatic rings. The molecule has 1 aromatic carbocycles. The third-order valence-corrected chi connectivity index (χ3v) is 7.08. The van der Waals surface area contributed by atoms with Crippen LogP contribution in [-0.2, 0) is 4.79 Å². The van der Waals surface area contributed by atoms with Crippen LogP contribution < -0.4 is 5.32 Å². The highest BCUT2D eigenvalue weighted by Gasteiger charge is 2.51. The maximum absolute atomic E-state index is 12.8. The predicted octanol–water partition coefficient (Wildman–Crippen LogP) is 5.75. The highest BCUT2D eigenvalue weighted by atomic mass is 16.1. The molecular formula is C22H31NO. The highest BCUT2D eigenvalue weighted by molar-refractivity contribution is 5.92. The summed E-state index contributed by atoms with van der Waals surface area (Å²) in [6, 6.07) is 8.34. The lowest BCUT2D eigenvalue weighted by molar-refractivity contribution is -0.124. The maximum Gasteiger partial charge on any atom is 0.224 e. The van der Waals surface area contributed by atoms with E-state index in [0.29, 0.717) is 11.3 Å². The second kappa shape index (κ2) is 6.20. The summed E-state index contributed by atoms with van der Waals surface area (Å²) >= 11 is 0. The average molecular weight is 325 g/mol. The van der Waals surface area contributed by atoms with Crippen molar-refractivity contribution in [2.45, 2.75) is 71.1 Å². The van der Waals surface area contributed by atoms with E-state index in [-0.39, 0.29) is 5.91 Å². The molecule has 0 radical (unpaired) electrons. The monoisotopic (exact) mass is 325 g/mol. The fraction of sp³-hybridized carbons (Fsp3) is 0.682. The number of carbonyl (C=O) groups excluding carboxylic acids is 1. The van der Waals surface area contributed by atoms with E-state index in [1.807, 2.05) is 6.07 Å². The average Bonchev–Trinajstić information content (AvgIpc) is 2.52. The Hall–Kier alpha value is -1.31. The van der Waals surface area contributed by atoms with E-state index in [2.05, 4.69) is 37.4 Å². The van der Waals surface area contributed by atoms with Crippen molar-refractivity contribution in [3.8, 4) is 0 Å². The molecule has 2 heteroatoms. The molecule has 4 fully saturated rings. The molecule has 24 heavy (non-hydrogen) atoms. The lowest BCUT2D eigenvalue weighted by Gasteiger charge is -2.56. The number of amides is 1. The molecule has 1 N–H and O–H groups in total. The zero-order valence-electron chi connectivity index (χ0n) is 15.2. The molecular weight excluding hydrogens is 294 g/mol. The minimum atomic E-state index is 0.243. The van der Waals surface area contributed by atoms with Gasteiger partial charge in [-0.25, -0.2) is 0 Å². The van der Waals surface area contributed by atoms with Gasteiger partial charge in [0.05, 0.1) is 0 Å². The standard InChI is InChI=1S/C22H31NO/c1-3-15(2)19-6-4-5-7-20(19)23-21(24)14-22-11-16-8-17(12-22)10-18(9-16)13-22/h4-7,15-18H,3,8-14H2,1-2H3,(H,23,24). The highest BCUT2D eigenvalue weighted by Crippen LogP contribution is 2.61. The predicted molar refractivity (Wildman–Crippen MR) is 99.0 cm³/mol. The lowest BCUT2D eigenvalue weighted by Crippen LogP contribution is -2.47. The Balaban J connectivity index is 1.46. The van der Waals surface area contributed by atoms with Gasteiger partial charge in [-0.3, -0.25) is 4.79 Å². The topological polar surface area (TPSA) is 29.1 Å². The number of rotatable bonds is 5. The van der Waals surface area contributed by atoms with E-state index in [0.717, 1.165) is 36.3 Å². The third-order valence-electron chi connectivity index (χ3n) is 7.08. The van der Waals surface area contributed by atoms with Crippen molar-refractivity contribution >= 4 is 11.6 Å². The fourth-order valence-corrected chi connectivity index (χ4v) is 6.30. The summed E-state index contributed by atoms with van der Waals surface area (Å²) in [5.74, 6) is 3.47. The number of para-hydroxylation sites is 1. The van der Waals surface area contributed by atoms with Crippen LogP contribution in [0.4, 0.5) is 5.69 Å². The Labute approximate surface area is 146 Å². The molecule has 1 amide bonds. The van der Waals surface area contributed by atoms with E-state index < -0.39 is 0 Å². The Kier molecular flexibility index (Phi) is 4.18. The Morgan fingerprint density at radius 2 is 1.71 bits per heavy atom. The molecule has 0 saturated heterocycles. The minimum Gasteiger partial charge on any atom is -0.326 e. The summed E-state index contributed by atoms with van der Waals surface area (Å²) in [4.78, 5) is 12.8.